The normalized spacial score (nSPS) is 33.9. The molecule has 1 unspecified atom stereocenters. The monoisotopic (exact) mass is 290 g/mol. The van der Waals surface area contributed by atoms with Crippen LogP contribution in [0, 0.1) is 5.92 Å². The second-order valence-electron chi connectivity index (χ2n) is 6.28. The molecule has 2 heterocycles. The number of hydrogen-bond acceptors (Lipinski definition) is 5. The molecule has 2 saturated heterocycles. The van der Waals surface area contributed by atoms with Crippen LogP contribution in [0.2, 0.25) is 0 Å². The maximum absolute atomic E-state index is 11.9. The van der Waals surface area contributed by atoms with Crippen LogP contribution in [0.4, 0.5) is 4.79 Å². The summed E-state index contributed by atoms with van der Waals surface area (Å²) in [4.78, 5) is 13.5. The van der Waals surface area contributed by atoms with Crippen LogP contribution >= 0.6 is 0 Å². The van der Waals surface area contributed by atoms with E-state index in [1.165, 1.54) is 0 Å². The van der Waals surface area contributed by atoms with Crippen LogP contribution in [0.25, 0.3) is 0 Å². The SMILES string of the molecule is C[C@@H]1[C@@H](C2NCCS2(=O)=O)CN1C(=O)OC(C)(C)C. The minimum atomic E-state index is -3.05. The third-order valence-electron chi connectivity index (χ3n) is 3.65. The molecule has 3 atom stereocenters. The fraction of sp³-hybridized carbons (Fsp3) is 0.917. The van der Waals surface area contributed by atoms with Crippen LogP contribution in [0.3, 0.4) is 0 Å². The average molecular weight is 290 g/mol. The fourth-order valence-corrected chi connectivity index (χ4v) is 4.44. The second kappa shape index (κ2) is 4.63. The molecule has 0 spiro atoms. The fourth-order valence-electron chi connectivity index (χ4n) is 2.56. The molecule has 7 heteroatoms. The largest absolute Gasteiger partial charge is 0.444 e. The van der Waals surface area contributed by atoms with Gasteiger partial charge in [0.05, 0.1) is 5.75 Å². The number of sulfone groups is 1. The Kier molecular flexibility index (Phi) is 3.55. The minimum Gasteiger partial charge on any atom is -0.444 e. The summed E-state index contributed by atoms with van der Waals surface area (Å²) < 4.78 is 29.0. The molecule has 0 bridgehead atoms. The smallest absolute Gasteiger partial charge is 0.410 e. The summed E-state index contributed by atoms with van der Waals surface area (Å²) in [6, 6.07) is -0.111. The zero-order valence-corrected chi connectivity index (χ0v) is 12.7. The van der Waals surface area contributed by atoms with E-state index in [-0.39, 0.29) is 23.8 Å². The molecule has 2 aliphatic heterocycles. The number of nitrogens with zero attached hydrogens (tertiary/aromatic N) is 1. The van der Waals surface area contributed by atoms with Gasteiger partial charge >= 0.3 is 6.09 Å². The summed E-state index contributed by atoms with van der Waals surface area (Å²) in [6.07, 6.45) is -0.369. The van der Waals surface area contributed by atoms with E-state index in [1.807, 2.05) is 27.7 Å². The lowest BCUT2D eigenvalue weighted by Crippen LogP contribution is -2.64. The molecule has 0 aromatic carbocycles. The Morgan fingerprint density at radius 2 is 2.00 bits per heavy atom. The van der Waals surface area contributed by atoms with E-state index in [1.54, 1.807) is 4.90 Å². The van der Waals surface area contributed by atoms with Gasteiger partial charge in [-0.15, -0.1) is 0 Å². The first kappa shape index (κ1) is 14.6. The first-order valence-corrected chi connectivity index (χ1v) is 8.28. The van der Waals surface area contributed by atoms with E-state index >= 15 is 0 Å². The Hall–Kier alpha value is -0.820. The van der Waals surface area contributed by atoms with Gasteiger partial charge in [-0.05, 0) is 27.7 Å². The number of nitrogens with one attached hydrogen (secondary N) is 1. The average Bonchev–Trinajstić information content (AvgIpc) is 2.54. The third-order valence-corrected chi connectivity index (χ3v) is 5.72. The Morgan fingerprint density at radius 1 is 1.37 bits per heavy atom. The molecule has 0 aliphatic carbocycles. The lowest BCUT2D eigenvalue weighted by Gasteiger charge is -2.48. The highest BCUT2D eigenvalue weighted by molar-refractivity contribution is 7.92. The van der Waals surface area contributed by atoms with Crippen molar-refractivity contribution in [1.29, 1.82) is 0 Å². The molecule has 6 nitrogen and oxygen atoms in total. The summed E-state index contributed by atoms with van der Waals surface area (Å²) in [5.74, 6) is 0.146. The van der Waals surface area contributed by atoms with E-state index in [4.69, 9.17) is 4.74 Å². The van der Waals surface area contributed by atoms with Gasteiger partial charge in [0.15, 0.2) is 9.84 Å². The van der Waals surface area contributed by atoms with Crippen LogP contribution in [0.15, 0.2) is 0 Å². The quantitative estimate of drug-likeness (QED) is 0.765. The Balaban J connectivity index is 1.97. The predicted octanol–water partition coefficient (Wildman–Crippen LogP) is 0.586. The van der Waals surface area contributed by atoms with Crippen LogP contribution in [-0.4, -0.2) is 55.3 Å². The second-order valence-corrected chi connectivity index (χ2v) is 8.52. The summed E-state index contributed by atoms with van der Waals surface area (Å²) >= 11 is 0. The van der Waals surface area contributed by atoms with Gasteiger partial charge in [0.1, 0.15) is 11.0 Å². The van der Waals surface area contributed by atoms with Gasteiger partial charge in [-0.3, -0.25) is 5.32 Å². The zero-order valence-electron chi connectivity index (χ0n) is 11.8. The summed E-state index contributed by atoms with van der Waals surface area (Å²) in [5.41, 5.74) is -0.528. The molecule has 0 saturated carbocycles. The first-order chi connectivity index (χ1) is 8.62. The van der Waals surface area contributed by atoms with E-state index in [9.17, 15) is 13.2 Å². The van der Waals surface area contributed by atoms with Crippen molar-refractivity contribution in [2.45, 2.75) is 44.7 Å². The molecular formula is C12H22N2O4S. The molecule has 0 aromatic rings. The van der Waals surface area contributed by atoms with Gasteiger partial charge in [-0.1, -0.05) is 0 Å². The molecule has 0 radical (unpaired) electrons. The van der Waals surface area contributed by atoms with Gasteiger partial charge < -0.3 is 9.64 Å². The number of carbonyl (C=O) groups excluding carboxylic acids is 1. The number of rotatable bonds is 1. The van der Waals surface area contributed by atoms with E-state index in [0.717, 1.165) is 0 Å². The molecule has 2 aliphatic rings. The molecule has 2 rings (SSSR count). The van der Waals surface area contributed by atoms with Crippen LogP contribution < -0.4 is 5.32 Å². The van der Waals surface area contributed by atoms with Gasteiger partial charge in [0.25, 0.3) is 0 Å². The van der Waals surface area contributed by atoms with Gasteiger partial charge in [-0.25, -0.2) is 13.2 Å². The van der Waals surface area contributed by atoms with E-state index < -0.39 is 20.8 Å². The van der Waals surface area contributed by atoms with Crippen molar-refractivity contribution >= 4 is 15.9 Å². The number of carbonyl (C=O) groups is 1. The van der Waals surface area contributed by atoms with E-state index in [2.05, 4.69) is 5.32 Å². The highest BCUT2D eigenvalue weighted by Gasteiger charge is 2.50. The maximum Gasteiger partial charge on any atom is 0.410 e. The maximum atomic E-state index is 11.9. The number of amides is 1. The Labute approximate surface area is 114 Å². The molecule has 110 valence electrons. The standard InChI is InChI=1S/C12H22N2O4S/c1-8-9(10-13-5-6-19(10,16)17)7-14(8)11(15)18-12(2,3)4/h8-10,13H,5-7H2,1-4H3/t8-,9+,10?/m1/s1. The third kappa shape index (κ3) is 2.86. The van der Waals surface area contributed by atoms with Crippen molar-refractivity contribution in [3.63, 3.8) is 0 Å². The number of ether oxygens (including phenoxy) is 1. The zero-order chi connectivity index (χ0) is 14.4. The Morgan fingerprint density at radius 3 is 2.42 bits per heavy atom. The molecule has 0 aromatic heterocycles. The first-order valence-electron chi connectivity index (χ1n) is 6.56. The van der Waals surface area contributed by atoms with Crippen LogP contribution in [0.5, 0.6) is 0 Å². The van der Waals surface area contributed by atoms with Crippen molar-refractivity contribution in [2.75, 3.05) is 18.8 Å². The Bertz CT molecular complexity index is 469. The van der Waals surface area contributed by atoms with E-state index in [0.29, 0.717) is 13.1 Å². The summed E-state index contributed by atoms with van der Waals surface area (Å²) in [5, 5.41) is 2.51. The van der Waals surface area contributed by atoms with Crippen molar-refractivity contribution in [2.24, 2.45) is 5.92 Å². The van der Waals surface area contributed by atoms with Crippen molar-refractivity contribution in [3.8, 4) is 0 Å². The minimum absolute atomic E-state index is 0.0416. The highest BCUT2D eigenvalue weighted by atomic mass is 32.2. The lowest BCUT2D eigenvalue weighted by atomic mass is 9.90. The molecule has 2 fully saturated rings. The lowest BCUT2D eigenvalue weighted by molar-refractivity contribution is -0.0269. The van der Waals surface area contributed by atoms with Crippen LogP contribution in [0.1, 0.15) is 27.7 Å². The van der Waals surface area contributed by atoms with Gasteiger partial charge in [0, 0.05) is 25.0 Å². The van der Waals surface area contributed by atoms with Gasteiger partial charge in [-0.2, -0.15) is 0 Å². The topological polar surface area (TPSA) is 75.7 Å². The molecule has 19 heavy (non-hydrogen) atoms. The molecule has 1 amide bonds. The van der Waals surface area contributed by atoms with Crippen LogP contribution in [-0.2, 0) is 14.6 Å². The highest BCUT2D eigenvalue weighted by Crippen LogP contribution is 2.32. The number of hydrogen-bond donors (Lipinski definition) is 1. The number of likely N-dealkylation sites (tertiary alicyclic amines) is 1. The molecule has 1 N–H and O–H groups in total. The predicted molar refractivity (Wildman–Crippen MR) is 71.5 cm³/mol. The van der Waals surface area contributed by atoms with Crippen molar-refractivity contribution < 1.29 is 17.9 Å². The van der Waals surface area contributed by atoms with Gasteiger partial charge in [0.2, 0.25) is 0 Å². The van der Waals surface area contributed by atoms with Crippen molar-refractivity contribution in [3.05, 3.63) is 0 Å². The summed E-state index contributed by atoms with van der Waals surface area (Å²) in [7, 11) is -3.05. The molecular weight excluding hydrogens is 268 g/mol. The van der Waals surface area contributed by atoms with Crippen molar-refractivity contribution in [1.82, 2.24) is 10.2 Å². The summed E-state index contributed by atoms with van der Waals surface area (Å²) in [6.45, 7) is 8.25.